The average Bonchev–Trinajstić information content (AvgIpc) is 2.26. The largest absolute Gasteiger partial charge is 0.369 e. The standard InChI is InChI=1S/C12H17NO3S/c1-8(9(2)12(13)14)10-4-6-11(7-5-10)17(3,15)16/h4-9H,1-3H3,(H2,13,14)/t8?,9-/m1/s1. The van der Waals surface area contributed by atoms with E-state index >= 15 is 0 Å². The van der Waals surface area contributed by atoms with Crippen LogP contribution in [0.2, 0.25) is 0 Å². The van der Waals surface area contributed by atoms with Crippen molar-refractivity contribution in [3.63, 3.8) is 0 Å². The summed E-state index contributed by atoms with van der Waals surface area (Å²) in [6.45, 7) is 3.66. The number of carbonyl (C=O) groups is 1. The zero-order chi connectivity index (χ0) is 13.2. The van der Waals surface area contributed by atoms with E-state index in [1.54, 1.807) is 31.2 Å². The van der Waals surface area contributed by atoms with E-state index in [-0.39, 0.29) is 22.6 Å². The summed E-state index contributed by atoms with van der Waals surface area (Å²) in [7, 11) is -3.17. The van der Waals surface area contributed by atoms with E-state index in [1.807, 2.05) is 6.92 Å². The van der Waals surface area contributed by atoms with Crippen LogP contribution in [0.25, 0.3) is 0 Å². The zero-order valence-corrected chi connectivity index (χ0v) is 11.0. The van der Waals surface area contributed by atoms with Gasteiger partial charge >= 0.3 is 0 Å². The summed E-state index contributed by atoms with van der Waals surface area (Å²) in [6, 6.07) is 6.55. The molecule has 2 atom stereocenters. The van der Waals surface area contributed by atoms with Crippen molar-refractivity contribution in [3.05, 3.63) is 29.8 Å². The SMILES string of the molecule is CC(c1ccc(S(C)(=O)=O)cc1)[C@@H](C)C(N)=O. The van der Waals surface area contributed by atoms with Crippen LogP contribution in [-0.4, -0.2) is 20.6 Å². The molecular formula is C12H17NO3S. The smallest absolute Gasteiger partial charge is 0.220 e. The van der Waals surface area contributed by atoms with Crippen molar-refractivity contribution in [3.8, 4) is 0 Å². The molecule has 94 valence electrons. The highest BCUT2D eigenvalue weighted by Gasteiger charge is 2.19. The van der Waals surface area contributed by atoms with Gasteiger partial charge in [0.15, 0.2) is 9.84 Å². The Balaban J connectivity index is 2.99. The number of hydrogen-bond acceptors (Lipinski definition) is 3. The third-order valence-corrected chi connectivity index (χ3v) is 4.16. The Morgan fingerprint density at radius 1 is 1.18 bits per heavy atom. The van der Waals surface area contributed by atoms with E-state index in [2.05, 4.69) is 0 Å². The Morgan fingerprint density at radius 2 is 1.65 bits per heavy atom. The van der Waals surface area contributed by atoms with Crippen molar-refractivity contribution >= 4 is 15.7 Å². The summed E-state index contributed by atoms with van der Waals surface area (Å²) in [5.74, 6) is -0.662. The molecule has 0 fully saturated rings. The van der Waals surface area contributed by atoms with E-state index in [4.69, 9.17) is 5.73 Å². The molecule has 0 aliphatic rings. The van der Waals surface area contributed by atoms with E-state index in [0.717, 1.165) is 11.8 Å². The minimum Gasteiger partial charge on any atom is -0.369 e. The van der Waals surface area contributed by atoms with Gasteiger partial charge in [0, 0.05) is 12.2 Å². The molecule has 0 bridgehead atoms. The molecule has 0 aliphatic heterocycles. The maximum Gasteiger partial charge on any atom is 0.220 e. The normalized spacial score (nSPS) is 15.2. The quantitative estimate of drug-likeness (QED) is 0.881. The van der Waals surface area contributed by atoms with Crippen LogP contribution in [-0.2, 0) is 14.6 Å². The molecule has 0 spiro atoms. The van der Waals surface area contributed by atoms with Crippen LogP contribution in [0.1, 0.15) is 25.3 Å². The Morgan fingerprint density at radius 3 is 2.00 bits per heavy atom. The van der Waals surface area contributed by atoms with Crippen LogP contribution in [0.3, 0.4) is 0 Å². The molecular weight excluding hydrogens is 238 g/mol. The predicted octanol–water partition coefficient (Wildman–Crippen LogP) is 1.31. The third kappa shape index (κ3) is 3.30. The third-order valence-electron chi connectivity index (χ3n) is 3.03. The minimum absolute atomic E-state index is 0.0267. The van der Waals surface area contributed by atoms with Crippen molar-refractivity contribution < 1.29 is 13.2 Å². The molecule has 17 heavy (non-hydrogen) atoms. The molecule has 1 rings (SSSR count). The highest BCUT2D eigenvalue weighted by Crippen LogP contribution is 2.24. The monoisotopic (exact) mass is 255 g/mol. The molecule has 0 aliphatic carbocycles. The maximum atomic E-state index is 11.3. The van der Waals surface area contributed by atoms with Crippen LogP contribution in [0.15, 0.2) is 29.2 Å². The number of hydrogen-bond donors (Lipinski definition) is 1. The number of benzene rings is 1. The number of sulfone groups is 1. The number of nitrogens with two attached hydrogens (primary N) is 1. The first-order valence-electron chi connectivity index (χ1n) is 5.33. The summed E-state index contributed by atoms with van der Waals surface area (Å²) < 4.78 is 22.6. The second kappa shape index (κ2) is 4.87. The number of primary amides is 1. The molecule has 0 aromatic heterocycles. The van der Waals surface area contributed by atoms with Crippen molar-refractivity contribution in [2.24, 2.45) is 11.7 Å². The highest BCUT2D eigenvalue weighted by atomic mass is 32.2. The lowest BCUT2D eigenvalue weighted by molar-refractivity contribution is -0.121. The van der Waals surface area contributed by atoms with Gasteiger partial charge in [-0.25, -0.2) is 8.42 Å². The van der Waals surface area contributed by atoms with Crippen LogP contribution < -0.4 is 5.73 Å². The zero-order valence-electron chi connectivity index (χ0n) is 10.2. The molecule has 1 unspecified atom stereocenters. The fourth-order valence-electron chi connectivity index (χ4n) is 1.55. The lowest BCUT2D eigenvalue weighted by Crippen LogP contribution is -2.25. The van der Waals surface area contributed by atoms with Gasteiger partial charge in [0.2, 0.25) is 5.91 Å². The molecule has 2 N–H and O–H groups in total. The fourth-order valence-corrected chi connectivity index (χ4v) is 2.18. The van der Waals surface area contributed by atoms with Crippen LogP contribution in [0, 0.1) is 5.92 Å². The second-order valence-corrected chi connectivity index (χ2v) is 6.34. The molecule has 0 heterocycles. The molecule has 1 aromatic rings. The van der Waals surface area contributed by atoms with Crippen LogP contribution in [0.4, 0.5) is 0 Å². The molecule has 0 saturated heterocycles. The lowest BCUT2D eigenvalue weighted by atomic mass is 9.88. The van der Waals surface area contributed by atoms with E-state index in [1.165, 1.54) is 0 Å². The maximum absolute atomic E-state index is 11.3. The number of rotatable bonds is 4. The van der Waals surface area contributed by atoms with Gasteiger partial charge in [-0.15, -0.1) is 0 Å². The Kier molecular flexibility index (Phi) is 3.93. The van der Waals surface area contributed by atoms with Crippen LogP contribution in [0.5, 0.6) is 0 Å². The van der Waals surface area contributed by atoms with Gasteiger partial charge in [-0.1, -0.05) is 26.0 Å². The first kappa shape index (κ1) is 13.7. The van der Waals surface area contributed by atoms with Crippen molar-refractivity contribution in [2.75, 3.05) is 6.26 Å². The van der Waals surface area contributed by atoms with Gasteiger partial charge < -0.3 is 5.73 Å². The molecule has 5 heteroatoms. The molecule has 4 nitrogen and oxygen atoms in total. The fraction of sp³-hybridized carbons (Fsp3) is 0.417. The van der Waals surface area contributed by atoms with Gasteiger partial charge in [-0.05, 0) is 23.6 Å². The summed E-state index contributed by atoms with van der Waals surface area (Å²) in [5.41, 5.74) is 6.14. The van der Waals surface area contributed by atoms with Crippen molar-refractivity contribution in [1.29, 1.82) is 0 Å². The summed E-state index contributed by atoms with van der Waals surface area (Å²) in [4.78, 5) is 11.3. The molecule has 0 saturated carbocycles. The molecule has 1 amide bonds. The van der Waals surface area contributed by atoms with Gasteiger partial charge in [-0.3, -0.25) is 4.79 Å². The van der Waals surface area contributed by atoms with Crippen molar-refractivity contribution in [1.82, 2.24) is 0 Å². The first-order chi connectivity index (χ1) is 7.73. The van der Waals surface area contributed by atoms with Gasteiger partial charge in [0.05, 0.1) is 4.90 Å². The predicted molar refractivity (Wildman–Crippen MR) is 66.3 cm³/mol. The Labute approximate surface area is 102 Å². The number of carbonyl (C=O) groups excluding carboxylic acids is 1. The Hall–Kier alpha value is -1.36. The van der Waals surface area contributed by atoms with Gasteiger partial charge in [0.1, 0.15) is 0 Å². The summed E-state index contributed by atoms with van der Waals surface area (Å²) >= 11 is 0. The number of amides is 1. The molecule has 1 aromatic carbocycles. The van der Waals surface area contributed by atoms with Gasteiger partial charge in [0.25, 0.3) is 0 Å². The highest BCUT2D eigenvalue weighted by molar-refractivity contribution is 7.90. The topological polar surface area (TPSA) is 77.2 Å². The van der Waals surface area contributed by atoms with E-state index in [9.17, 15) is 13.2 Å². The summed E-state index contributed by atoms with van der Waals surface area (Å²) in [5, 5.41) is 0. The lowest BCUT2D eigenvalue weighted by Gasteiger charge is -2.17. The minimum atomic E-state index is -3.17. The average molecular weight is 255 g/mol. The van der Waals surface area contributed by atoms with E-state index in [0.29, 0.717) is 0 Å². The first-order valence-corrected chi connectivity index (χ1v) is 7.22. The van der Waals surface area contributed by atoms with Gasteiger partial charge in [-0.2, -0.15) is 0 Å². The summed E-state index contributed by atoms with van der Waals surface area (Å²) in [6.07, 6.45) is 1.16. The second-order valence-electron chi connectivity index (χ2n) is 4.32. The van der Waals surface area contributed by atoms with Crippen LogP contribution >= 0.6 is 0 Å². The molecule has 0 radical (unpaired) electrons. The Bertz CT molecular complexity index is 505. The van der Waals surface area contributed by atoms with E-state index < -0.39 is 9.84 Å². The van der Waals surface area contributed by atoms with Crippen molar-refractivity contribution in [2.45, 2.75) is 24.7 Å².